The quantitative estimate of drug-likeness (QED) is 0.457. The van der Waals surface area contributed by atoms with Gasteiger partial charge in [-0.3, -0.25) is 0 Å². The van der Waals surface area contributed by atoms with Gasteiger partial charge in [0.25, 0.3) is 0 Å². The Balaban J connectivity index is 1.43. The number of hydrogen-bond acceptors (Lipinski definition) is 6. The largest absolute Gasteiger partial charge is 0.457 e. The topological polar surface area (TPSA) is 72.0 Å². The van der Waals surface area contributed by atoms with Crippen LogP contribution in [0.1, 0.15) is 0 Å². The molecule has 4 rings (SSSR count). The minimum atomic E-state index is -0.951. The number of para-hydroxylation sites is 1. The third-order valence-electron chi connectivity index (χ3n) is 3.84. The SMILES string of the molecule is Fc1ccc(Nc2cnnc(Nc3ccc(Oc4ccccc4)cc3)n2)cc1F. The van der Waals surface area contributed by atoms with Gasteiger partial charge in [-0.05, 0) is 48.5 Å². The number of ether oxygens (including phenoxy) is 1. The molecule has 1 heterocycles. The molecule has 0 spiro atoms. The minimum Gasteiger partial charge on any atom is -0.457 e. The fourth-order valence-corrected chi connectivity index (χ4v) is 2.50. The molecule has 144 valence electrons. The first-order valence-corrected chi connectivity index (χ1v) is 8.67. The monoisotopic (exact) mass is 391 g/mol. The maximum atomic E-state index is 13.3. The Labute approximate surface area is 165 Å². The molecule has 6 nitrogen and oxygen atoms in total. The van der Waals surface area contributed by atoms with Gasteiger partial charge in [-0.25, -0.2) is 8.78 Å². The lowest BCUT2D eigenvalue weighted by atomic mass is 10.3. The van der Waals surface area contributed by atoms with Gasteiger partial charge in [-0.2, -0.15) is 10.1 Å². The predicted octanol–water partition coefficient (Wildman–Crippen LogP) is 5.43. The summed E-state index contributed by atoms with van der Waals surface area (Å²) >= 11 is 0. The van der Waals surface area contributed by atoms with Crippen LogP contribution in [0, 0.1) is 11.6 Å². The van der Waals surface area contributed by atoms with Crippen molar-refractivity contribution in [2.45, 2.75) is 0 Å². The van der Waals surface area contributed by atoms with Crippen molar-refractivity contribution >= 4 is 23.1 Å². The molecule has 2 N–H and O–H groups in total. The molecule has 0 aliphatic carbocycles. The average molecular weight is 391 g/mol. The summed E-state index contributed by atoms with van der Waals surface area (Å²) in [6.45, 7) is 0. The highest BCUT2D eigenvalue weighted by atomic mass is 19.2. The molecule has 0 radical (unpaired) electrons. The van der Waals surface area contributed by atoms with Gasteiger partial charge in [-0.15, -0.1) is 5.10 Å². The van der Waals surface area contributed by atoms with E-state index in [-0.39, 0.29) is 5.95 Å². The van der Waals surface area contributed by atoms with E-state index in [1.165, 1.54) is 12.3 Å². The highest BCUT2D eigenvalue weighted by Crippen LogP contribution is 2.24. The fraction of sp³-hybridized carbons (Fsp3) is 0. The van der Waals surface area contributed by atoms with Crippen molar-refractivity contribution < 1.29 is 13.5 Å². The summed E-state index contributed by atoms with van der Waals surface area (Å²) in [6, 6.07) is 20.2. The van der Waals surface area contributed by atoms with Crippen molar-refractivity contribution in [2.24, 2.45) is 0 Å². The van der Waals surface area contributed by atoms with Crippen molar-refractivity contribution in [2.75, 3.05) is 10.6 Å². The van der Waals surface area contributed by atoms with Crippen molar-refractivity contribution in [3.8, 4) is 11.5 Å². The van der Waals surface area contributed by atoms with E-state index < -0.39 is 11.6 Å². The Kier molecular flexibility index (Phi) is 5.24. The van der Waals surface area contributed by atoms with Crippen LogP contribution in [0.3, 0.4) is 0 Å². The molecule has 0 bridgehead atoms. The maximum absolute atomic E-state index is 13.3. The maximum Gasteiger partial charge on any atom is 0.249 e. The van der Waals surface area contributed by atoms with Gasteiger partial charge in [0.05, 0.1) is 6.20 Å². The predicted molar refractivity (Wildman–Crippen MR) is 106 cm³/mol. The van der Waals surface area contributed by atoms with Gasteiger partial charge in [-0.1, -0.05) is 18.2 Å². The smallest absolute Gasteiger partial charge is 0.249 e. The minimum absolute atomic E-state index is 0.245. The van der Waals surface area contributed by atoms with E-state index in [0.29, 0.717) is 17.3 Å². The van der Waals surface area contributed by atoms with Gasteiger partial charge in [0, 0.05) is 17.4 Å². The Morgan fingerprint density at radius 1 is 0.724 bits per heavy atom. The first-order valence-electron chi connectivity index (χ1n) is 8.67. The molecule has 0 unspecified atom stereocenters. The molecular formula is C21H15F2N5O. The fourth-order valence-electron chi connectivity index (χ4n) is 2.50. The number of aromatic nitrogens is 3. The van der Waals surface area contributed by atoms with Crippen LogP contribution in [0.25, 0.3) is 0 Å². The molecule has 3 aromatic carbocycles. The highest BCUT2D eigenvalue weighted by Gasteiger charge is 2.06. The van der Waals surface area contributed by atoms with Crippen LogP contribution in [0.4, 0.5) is 31.9 Å². The van der Waals surface area contributed by atoms with Crippen LogP contribution in [-0.4, -0.2) is 15.2 Å². The second-order valence-corrected chi connectivity index (χ2v) is 5.98. The molecule has 8 heteroatoms. The van der Waals surface area contributed by atoms with Crippen LogP contribution in [0.2, 0.25) is 0 Å². The molecule has 0 amide bonds. The van der Waals surface area contributed by atoms with Gasteiger partial charge in [0.2, 0.25) is 5.95 Å². The molecule has 0 aliphatic rings. The number of benzene rings is 3. The van der Waals surface area contributed by atoms with E-state index in [1.54, 1.807) is 0 Å². The standard InChI is InChI=1S/C21H15F2N5O/c22-18-11-8-15(12-19(18)23)25-20-13-24-28-21(27-20)26-14-6-9-17(10-7-14)29-16-4-2-1-3-5-16/h1-13H,(H2,25,26,27,28). The highest BCUT2D eigenvalue weighted by molar-refractivity contribution is 5.59. The van der Waals surface area contributed by atoms with E-state index in [0.717, 1.165) is 23.6 Å². The van der Waals surface area contributed by atoms with Crippen molar-refractivity contribution in [3.63, 3.8) is 0 Å². The summed E-state index contributed by atoms with van der Waals surface area (Å²) in [5, 5.41) is 13.7. The van der Waals surface area contributed by atoms with E-state index in [4.69, 9.17) is 4.74 Å². The summed E-state index contributed by atoms with van der Waals surface area (Å²) in [5.74, 6) is 0.143. The lowest BCUT2D eigenvalue weighted by Gasteiger charge is -2.09. The Morgan fingerprint density at radius 3 is 2.21 bits per heavy atom. The van der Waals surface area contributed by atoms with E-state index in [1.807, 2.05) is 54.6 Å². The van der Waals surface area contributed by atoms with E-state index in [9.17, 15) is 8.78 Å². The number of rotatable bonds is 6. The molecule has 0 fully saturated rings. The van der Waals surface area contributed by atoms with Crippen molar-refractivity contribution in [1.29, 1.82) is 0 Å². The second kappa shape index (κ2) is 8.30. The zero-order valence-corrected chi connectivity index (χ0v) is 15.0. The number of nitrogens with one attached hydrogen (secondary N) is 2. The number of hydrogen-bond donors (Lipinski definition) is 2. The van der Waals surface area contributed by atoms with Gasteiger partial charge in [0.1, 0.15) is 11.5 Å². The Hall–Kier alpha value is -4.07. The molecule has 1 aromatic heterocycles. The summed E-state index contributed by atoms with van der Waals surface area (Å²) < 4.78 is 32.1. The van der Waals surface area contributed by atoms with Crippen LogP contribution in [0.15, 0.2) is 79.0 Å². The Morgan fingerprint density at radius 2 is 1.45 bits per heavy atom. The van der Waals surface area contributed by atoms with Crippen LogP contribution in [-0.2, 0) is 0 Å². The number of anilines is 4. The molecule has 29 heavy (non-hydrogen) atoms. The first kappa shape index (κ1) is 18.3. The Bertz CT molecular complexity index is 1110. The van der Waals surface area contributed by atoms with Crippen LogP contribution in [0.5, 0.6) is 11.5 Å². The van der Waals surface area contributed by atoms with Gasteiger partial charge in [0.15, 0.2) is 17.5 Å². The third-order valence-corrected chi connectivity index (χ3v) is 3.84. The zero-order chi connectivity index (χ0) is 20.1. The lowest BCUT2D eigenvalue weighted by molar-refractivity contribution is 0.483. The molecule has 4 aromatic rings. The van der Waals surface area contributed by atoms with Crippen molar-refractivity contribution in [1.82, 2.24) is 15.2 Å². The van der Waals surface area contributed by atoms with Gasteiger partial charge >= 0.3 is 0 Å². The molecule has 0 saturated carbocycles. The molecule has 0 saturated heterocycles. The molecular weight excluding hydrogens is 376 g/mol. The lowest BCUT2D eigenvalue weighted by Crippen LogP contribution is -2.02. The third kappa shape index (κ3) is 4.81. The van der Waals surface area contributed by atoms with Crippen LogP contribution >= 0.6 is 0 Å². The summed E-state index contributed by atoms with van der Waals surface area (Å²) in [6.07, 6.45) is 1.38. The van der Waals surface area contributed by atoms with E-state index >= 15 is 0 Å². The van der Waals surface area contributed by atoms with Gasteiger partial charge < -0.3 is 15.4 Å². The molecule has 0 atom stereocenters. The average Bonchev–Trinajstić information content (AvgIpc) is 2.73. The van der Waals surface area contributed by atoms with E-state index in [2.05, 4.69) is 25.8 Å². The number of nitrogens with zero attached hydrogens (tertiary/aromatic N) is 3. The number of halogens is 2. The normalized spacial score (nSPS) is 10.4. The van der Waals surface area contributed by atoms with Crippen molar-refractivity contribution in [3.05, 3.63) is 90.6 Å². The summed E-state index contributed by atoms with van der Waals surface area (Å²) in [4.78, 5) is 4.26. The zero-order valence-electron chi connectivity index (χ0n) is 15.0. The summed E-state index contributed by atoms with van der Waals surface area (Å²) in [5.41, 5.74) is 1.08. The molecule has 0 aliphatic heterocycles. The summed E-state index contributed by atoms with van der Waals surface area (Å²) in [7, 11) is 0. The van der Waals surface area contributed by atoms with Crippen LogP contribution < -0.4 is 15.4 Å². The second-order valence-electron chi connectivity index (χ2n) is 5.98. The first-order chi connectivity index (χ1) is 14.2.